The lowest BCUT2D eigenvalue weighted by molar-refractivity contribution is -0.149. The second kappa shape index (κ2) is 8.24. The van der Waals surface area contributed by atoms with Crippen LogP contribution in [0, 0.1) is 58.2 Å². The first kappa shape index (κ1) is 22.9. The van der Waals surface area contributed by atoms with E-state index in [4.69, 9.17) is 0 Å². The Bertz CT molecular complexity index is 636. The lowest BCUT2D eigenvalue weighted by Gasteiger charge is -2.62. The van der Waals surface area contributed by atoms with Crippen LogP contribution < -0.4 is 0 Å². The minimum Gasteiger partial charge on any atom is -0.393 e. The van der Waals surface area contributed by atoms with Gasteiger partial charge in [0.05, 0.1) is 6.10 Å². The molecule has 10 atom stereocenters. The van der Waals surface area contributed by atoms with Crippen LogP contribution >= 0.6 is 0 Å². The van der Waals surface area contributed by atoms with Gasteiger partial charge in [-0.25, -0.2) is 0 Å². The zero-order valence-corrected chi connectivity index (χ0v) is 20.9. The fourth-order valence-electron chi connectivity index (χ4n) is 9.59. The molecule has 1 heteroatoms. The largest absolute Gasteiger partial charge is 0.393 e. The van der Waals surface area contributed by atoms with E-state index >= 15 is 0 Å². The van der Waals surface area contributed by atoms with E-state index in [1.165, 1.54) is 63.4 Å². The monoisotopic (exact) mass is 414 g/mol. The first-order valence-electron chi connectivity index (χ1n) is 13.4. The van der Waals surface area contributed by atoms with Crippen LogP contribution in [0.25, 0.3) is 0 Å². The molecule has 4 rings (SSSR count). The summed E-state index contributed by atoms with van der Waals surface area (Å²) in [5, 5.41) is 10.5. The maximum Gasteiger partial charge on any atom is 0.0568 e. The van der Waals surface area contributed by atoms with Crippen LogP contribution in [0.2, 0.25) is 0 Å². The van der Waals surface area contributed by atoms with Crippen molar-refractivity contribution in [3.05, 3.63) is 12.2 Å². The first-order valence-corrected chi connectivity index (χ1v) is 13.4. The predicted octanol–water partition coefficient (Wildman–Crippen LogP) is 7.88. The molecular weight excluding hydrogens is 364 g/mol. The molecule has 4 fully saturated rings. The molecule has 0 aromatic carbocycles. The lowest BCUT2D eigenvalue weighted by atomic mass is 9.43. The minimum absolute atomic E-state index is 0.0502. The van der Waals surface area contributed by atoms with Gasteiger partial charge in [0, 0.05) is 0 Å². The standard InChI is InChI=1S/C29H50O/c1-18(2)19(3)8-9-20(4)23-12-13-25-22-10-11-24-21(5)27(30)15-17-29(24,7)26(22)14-16-28(23,25)6/h18,20-27,30H,3,8-17H2,1-2,4-7H3/t20-,21+,22?,23-,24+,25+,26+,27+,28-,29+/m1/s1. The summed E-state index contributed by atoms with van der Waals surface area (Å²) in [6.07, 6.45) is 13.5. The van der Waals surface area contributed by atoms with E-state index < -0.39 is 0 Å². The van der Waals surface area contributed by atoms with E-state index in [9.17, 15) is 5.11 Å². The molecule has 0 saturated heterocycles. The highest BCUT2D eigenvalue weighted by atomic mass is 16.3. The Morgan fingerprint density at radius 3 is 2.23 bits per heavy atom. The van der Waals surface area contributed by atoms with E-state index in [0.29, 0.717) is 22.7 Å². The molecule has 0 radical (unpaired) electrons. The third kappa shape index (κ3) is 3.54. The van der Waals surface area contributed by atoms with Crippen molar-refractivity contribution >= 4 is 0 Å². The number of aliphatic hydroxyl groups is 1. The molecule has 172 valence electrons. The highest BCUT2D eigenvalue weighted by Gasteiger charge is 2.61. The van der Waals surface area contributed by atoms with Crippen LogP contribution in [-0.2, 0) is 0 Å². The number of rotatable bonds is 5. The van der Waals surface area contributed by atoms with Crippen LogP contribution in [0.5, 0.6) is 0 Å². The SMILES string of the molecule is C=C(CC[C@@H](C)[C@H]1CC[C@H]2C3CC[C@H]4[C@H](C)[C@@H](O)CC[C@]4(C)[C@H]3CC[C@]12C)C(C)C. The Morgan fingerprint density at radius 1 is 0.900 bits per heavy atom. The van der Waals surface area contributed by atoms with Crippen LogP contribution in [-0.4, -0.2) is 11.2 Å². The molecule has 1 N–H and O–H groups in total. The molecule has 0 aromatic heterocycles. The van der Waals surface area contributed by atoms with Crippen molar-refractivity contribution in [1.82, 2.24) is 0 Å². The van der Waals surface area contributed by atoms with Gasteiger partial charge in [0.1, 0.15) is 0 Å². The van der Waals surface area contributed by atoms with E-state index in [-0.39, 0.29) is 6.10 Å². The van der Waals surface area contributed by atoms with Gasteiger partial charge >= 0.3 is 0 Å². The van der Waals surface area contributed by atoms with Crippen LogP contribution in [0.4, 0.5) is 0 Å². The lowest BCUT2D eigenvalue weighted by Crippen LogP contribution is -2.56. The normalized spacial score (nSPS) is 49.3. The quantitative estimate of drug-likeness (QED) is 0.454. The van der Waals surface area contributed by atoms with Gasteiger partial charge in [-0.1, -0.05) is 53.7 Å². The molecule has 0 bridgehead atoms. The van der Waals surface area contributed by atoms with Crippen molar-refractivity contribution < 1.29 is 5.11 Å². The number of aliphatic hydroxyl groups excluding tert-OH is 1. The summed E-state index contributed by atoms with van der Waals surface area (Å²) in [5.41, 5.74) is 2.51. The van der Waals surface area contributed by atoms with Crippen molar-refractivity contribution in [2.75, 3.05) is 0 Å². The zero-order valence-electron chi connectivity index (χ0n) is 20.9. The molecule has 4 saturated carbocycles. The Hall–Kier alpha value is -0.300. The summed E-state index contributed by atoms with van der Waals surface area (Å²) in [4.78, 5) is 0. The van der Waals surface area contributed by atoms with Crippen LogP contribution in [0.3, 0.4) is 0 Å². The van der Waals surface area contributed by atoms with Gasteiger partial charge < -0.3 is 5.11 Å². The van der Waals surface area contributed by atoms with Crippen molar-refractivity contribution in [2.24, 2.45) is 58.2 Å². The Kier molecular flexibility index (Phi) is 6.28. The van der Waals surface area contributed by atoms with E-state index in [1.54, 1.807) is 0 Å². The van der Waals surface area contributed by atoms with Crippen molar-refractivity contribution in [3.8, 4) is 0 Å². The number of fused-ring (bicyclic) bond motifs is 5. The second-order valence-electron chi connectivity index (χ2n) is 13.1. The molecule has 0 amide bonds. The molecule has 4 aliphatic carbocycles. The second-order valence-corrected chi connectivity index (χ2v) is 13.1. The molecule has 0 spiro atoms. The maximum atomic E-state index is 10.5. The summed E-state index contributed by atoms with van der Waals surface area (Å²) < 4.78 is 0. The Balaban J connectivity index is 1.48. The number of allylic oxidation sites excluding steroid dienone is 1. The molecule has 0 heterocycles. The smallest absolute Gasteiger partial charge is 0.0568 e. The van der Waals surface area contributed by atoms with E-state index in [0.717, 1.165) is 41.9 Å². The fourth-order valence-corrected chi connectivity index (χ4v) is 9.59. The molecule has 4 aliphatic rings. The fraction of sp³-hybridized carbons (Fsp3) is 0.931. The average Bonchev–Trinajstić information content (AvgIpc) is 3.06. The van der Waals surface area contributed by atoms with Crippen LogP contribution in [0.15, 0.2) is 12.2 Å². The topological polar surface area (TPSA) is 20.2 Å². The van der Waals surface area contributed by atoms with Crippen LogP contribution in [0.1, 0.15) is 106 Å². The molecule has 1 nitrogen and oxygen atoms in total. The maximum absolute atomic E-state index is 10.5. The summed E-state index contributed by atoms with van der Waals surface area (Å²) in [6, 6.07) is 0. The van der Waals surface area contributed by atoms with E-state index in [1.807, 2.05) is 0 Å². The highest BCUT2D eigenvalue weighted by molar-refractivity contribution is 5.10. The molecule has 30 heavy (non-hydrogen) atoms. The summed E-state index contributed by atoms with van der Waals surface area (Å²) in [6.45, 7) is 19.2. The molecule has 0 aliphatic heterocycles. The minimum atomic E-state index is -0.0502. The van der Waals surface area contributed by atoms with Gasteiger partial charge in [-0.05, 0) is 122 Å². The summed E-state index contributed by atoms with van der Waals surface area (Å²) in [5.74, 6) is 6.47. The third-order valence-electron chi connectivity index (χ3n) is 11.7. The van der Waals surface area contributed by atoms with Crippen molar-refractivity contribution in [3.63, 3.8) is 0 Å². The molecular formula is C29H50O. The van der Waals surface area contributed by atoms with Gasteiger partial charge in [-0.2, -0.15) is 0 Å². The Morgan fingerprint density at radius 2 is 1.53 bits per heavy atom. The van der Waals surface area contributed by atoms with Crippen molar-refractivity contribution in [2.45, 2.75) is 112 Å². The van der Waals surface area contributed by atoms with Gasteiger partial charge in [0.15, 0.2) is 0 Å². The van der Waals surface area contributed by atoms with Gasteiger partial charge in [-0.3, -0.25) is 0 Å². The average molecular weight is 415 g/mol. The number of hydrogen-bond donors (Lipinski definition) is 1. The zero-order chi connectivity index (χ0) is 21.8. The summed E-state index contributed by atoms with van der Waals surface area (Å²) in [7, 11) is 0. The first-order chi connectivity index (χ1) is 14.1. The predicted molar refractivity (Wildman–Crippen MR) is 128 cm³/mol. The third-order valence-corrected chi connectivity index (χ3v) is 11.7. The Labute approximate surface area is 187 Å². The molecule has 0 aromatic rings. The highest BCUT2D eigenvalue weighted by Crippen LogP contribution is 2.68. The molecule has 1 unspecified atom stereocenters. The van der Waals surface area contributed by atoms with Gasteiger partial charge in [0.25, 0.3) is 0 Å². The van der Waals surface area contributed by atoms with Gasteiger partial charge in [0.2, 0.25) is 0 Å². The summed E-state index contributed by atoms with van der Waals surface area (Å²) >= 11 is 0. The van der Waals surface area contributed by atoms with Gasteiger partial charge in [-0.15, -0.1) is 0 Å². The van der Waals surface area contributed by atoms with Crippen molar-refractivity contribution in [1.29, 1.82) is 0 Å². The van der Waals surface area contributed by atoms with E-state index in [2.05, 4.69) is 48.1 Å². The number of hydrogen-bond acceptors (Lipinski definition) is 1.